The van der Waals surface area contributed by atoms with Gasteiger partial charge in [-0.3, -0.25) is 0 Å². The lowest BCUT2D eigenvalue weighted by Gasteiger charge is -2.03. The van der Waals surface area contributed by atoms with Gasteiger partial charge >= 0.3 is 0 Å². The summed E-state index contributed by atoms with van der Waals surface area (Å²) in [5, 5.41) is 8.64. The Bertz CT molecular complexity index is 307. The summed E-state index contributed by atoms with van der Waals surface area (Å²) in [6.07, 6.45) is 1.98. The third kappa shape index (κ3) is 1.65. The Morgan fingerprint density at radius 2 is 2.08 bits per heavy atom. The van der Waals surface area contributed by atoms with E-state index in [0.717, 1.165) is 12.8 Å². The average Bonchev–Trinajstić information content (AvgIpc) is 2.16. The van der Waals surface area contributed by atoms with E-state index in [1.807, 2.05) is 12.1 Å². The summed E-state index contributed by atoms with van der Waals surface area (Å²) in [5.74, 6) is 0. The van der Waals surface area contributed by atoms with Crippen LogP contribution in [0.1, 0.15) is 30.5 Å². The Morgan fingerprint density at radius 1 is 1.33 bits per heavy atom. The van der Waals surface area contributed by atoms with Crippen LogP contribution in [0.15, 0.2) is 12.1 Å². The molecule has 1 aromatic rings. The molecule has 0 amide bonds. The zero-order valence-corrected chi connectivity index (χ0v) is 7.52. The number of nitrogens with zero attached hydrogens (tertiary/aromatic N) is 1. The molecule has 1 aromatic carbocycles. The fourth-order valence-corrected chi connectivity index (χ4v) is 1.28. The van der Waals surface area contributed by atoms with Gasteiger partial charge in [0, 0.05) is 6.07 Å². The first-order valence-corrected chi connectivity index (χ1v) is 4.26. The lowest BCUT2D eigenvalue weighted by Crippen LogP contribution is -1.91. The smallest absolute Gasteiger partial charge is 0.0998 e. The summed E-state index contributed by atoms with van der Waals surface area (Å²) in [4.78, 5) is 0. The second-order valence-corrected chi connectivity index (χ2v) is 2.69. The van der Waals surface area contributed by atoms with E-state index in [1.54, 1.807) is 0 Å². The molecule has 0 aliphatic carbocycles. The van der Waals surface area contributed by atoms with Crippen molar-refractivity contribution in [2.75, 3.05) is 0 Å². The summed E-state index contributed by atoms with van der Waals surface area (Å²) in [5.41, 5.74) is 3.12. The SMILES string of the molecule is CCc1[c]c(C#N)ccc1CC. The monoisotopic (exact) mass is 158 g/mol. The molecule has 0 saturated heterocycles. The maximum absolute atomic E-state index is 8.64. The molecule has 0 fully saturated rings. The lowest BCUT2D eigenvalue weighted by atomic mass is 10.0. The van der Waals surface area contributed by atoms with Gasteiger partial charge in [0.05, 0.1) is 11.6 Å². The zero-order valence-electron chi connectivity index (χ0n) is 7.52. The van der Waals surface area contributed by atoms with Crippen LogP contribution in [0.5, 0.6) is 0 Å². The highest BCUT2D eigenvalue weighted by molar-refractivity contribution is 5.36. The van der Waals surface area contributed by atoms with Crippen molar-refractivity contribution in [3.05, 3.63) is 34.9 Å². The van der Waals surface area contributed by atoms with Gasteiger partial charge in [0.25, 0.3) is 0 Å². The van der Waals surface area contributed by atoms with Crippen LogP contribution in [-0.4, -0.2) is 0 Å². The molecule has 0 bridgehead atoms. The average molecular weight is 158 g/mol. The molecule has 1 nitrogen and oxygen atoms in total. The maximum Gasteiger partial charge on any atom is 0.0998 e. The zero-order chi connectivity index (χ0) is 8.97. The Morgan fingerprint density at radius 3 is 2.58 bits per heavy atom. The molecule has 0 heterocycles. The number of rotatable bonds is 2. The van der Waals surface area contributed by atoms with Crippen LogP contribution in [0, 0.1) is 17.4 Å². The summed E-state index contributed by atoms with van der Waals surface area (Å²) >= 11 is 0. The predicted molar refractivity (Wildman–Crippen MR) is 48.7 cm³/mol. The molecule has 61 valence electrons. The molecule has 12 heavy (non-hydrogen) atoms. The van der Waals surface area contributed by atoms with Gasteiger partial charge in [0.1, 0.15) is 0 Å². The fraction of sp³-hybridized carbons (Fsp3) is 0.364. The molecule has 0 saturated carbocycles. The van der Waals surface area contributed by atoms with Gasteiger partial charge in [0.2, 0.25) is 0 Å². The van der Waals surface area contributed by atoms with Gasteiger partial charge < -0.3 is 0 Å². The maximum atomic E-state index is 8.64. The number of aryl methyl sites for hydroxylation is 2. The molecule has 1 radical (unpaired) electrons. The van der Waals surface area contributed by atoms with Crippen LogP contribution in [-0.2, 0) is 12.8 Å². The Kier molecular flexibility index (Phi) is 2.88. The Hall–Kier alpha value is -1.29. The number of nitriles is 1. The molecule has 0 aliphatic heterocycles. The molecule has 0 N–H and O–H groups in total. The minimum Gasteiger partial charge on any atom is -0.192 e. The van der Waals surface area contributed by atoms with E-state index in [-0.39, 0.29) is 0 Å². The first-order chi connectivity index (χ1) is 5.81. The molecule has 0 unspecified atom stereocenters. The van der Waals surface area contributed by atoms with E-state index in [2.05, 4.69) is 26.0 Å². The van der Waals surface area contributed by atoms with E-state index < -0.39 is 0 Å². The van der Waals surface area contributed by atoms with Crippen molar-refractivity contribution in [2.45, 2.75) is 26.7 Å². The van der Waals surface area contributed by atoms with Crippen molar-refractivity contribution in [3.63, 3.8) is 0 Å². The number of hydrogen-bond acceptors (Lipinski definition) is 1. The van der Waals surface area contributed by atoms with Crippen LogP contribution < -0.4 is 0 Å². The largest absolute Gasteiger partial charge is 0.192 e. The molecule has 0 aromatic heterocycles. The highest BCUT2D eigenvalue weighted by atomic mass is 14.2. The van der Waals surface area contributed by atoms with Crippen LogP contribution in [0.3, 0.4) is 0 Å². The van der Waals surface area contributed by atoms with E-state index in [9.17, 15) is 0 Å². The van der Waals surface area contributed by atoms with Crippen LogP contribution in [0.2, 0.25) is 0 Å². The molecule has 0 spiro atoms. The Labute approximate surface area is 73.6 Å². The minimum atomic E-state index is 0.643. The van der Waals surface area contributed by atoms with Gasteiger partial charge in [-0.25, -0.2) is 0 Å². The van der Waals surface area contributed by atoms with E-state index in [1.165, 1.54) is 11.1 Å². The second-order valence-electron chi connectivity index (χ2n) is 2.69. The molecule has 0 aliphatic rings. The third-order valence-corrected chi connectivity index (χ3v) is 1.98. The molecule has 0 atom stereocenters. The van der Waals surface area contributed by atoms with E-state index in [4.69, 9.17) is 5.26 Å². The third-order valence-electron chi connectivity index (χ3n) is 1.98. The molecular weight excluding hydrogens is 146 g/mol. The van der Waals surface area contributed by atoms with E-state index >= 15 is 0 Å². The van der Waals surface area contributed by atoms with Crippen molar-refractivity contribution >= 4 is 0 Å². The summed E-state index contributed by atoms with van der Waals surface area (Å²) in [6, 6.07) is 9.05. The first kappa shape index (κ1) is 8.80. The van der Waals surface area contributed by atoms with Crippen molar-refractivity contribution in [1.82, 2.24) is 0 Å². The minimum absolute atomic E-state index is 0.643. The highest BCUT2D eigenvalue weighted by Gasteiger charge is 1.99. The van der Waals surface area contributed by atoms with Crippen molar-refractivity contribution in [2.24, 2.45) is 0 Å². The van der Waals surface area contributed by atoms with Gasteiger partial charge in [-0.15, -0.1) is 0 Å². The normalized spacial score (nSPS) is 9.42. The topological polar surface area (TPSA) is 23.8 Å². The summed E-state index contributed by atoms with van der Waals surface area (Å²) < 4.78 is 0. The Balaban J connectivity index is 3.13. The van der Waals surface area contributed by atoms with Gasteiger partial charge in [0.15, 0.2) is 0 Å². The predicted octanol–water partition coefficient (Wildman–Crippen LogP) is 2.48. The first-order valence-electron chi connectivity index (χ1n) is 4.26. The van der Waals surface area contributed by atoms with Crippen molar-refractivity contribution in [3.8, 4) is 6.07 Å². The van der Waals surface area contributed by atoms with Crippen LogP contribution in [0.4, 0.5) is 0 Å². The van der Waals surface area contributed by atoms with Gasteiger partial charge in [-0.2, -0.15) is 5.26 Å². The highest BCUT2D eigenvalue weighted by Crippen LogP contribution is 2.11. The summed E-state index contributed by atoms with van der Waals surface area (Å²) in [7, 11) is 0. The van der Waals surface area contributed by atoms with Crippen molar-refractivity contribution < 1.29 is 0 Å². The second kappa shape index (κ2) is 3.92. The number of hydrogen-bond donors (Lipinski definition) is 0. The fourth-order valence-electron chi connectivity index (χ4n) is 1.28. The standard InChI is InChI=1S/C11H12N/c1-3-10-6-5-9(8-12)7-11(10)4-2/h5-6H,3-4H2,1-2H3. The molecule has 1 heteroatoms. The van der Waals surface area contributed by atoms with Crippen molar-refractivity contribution in [1.29, 1.82) is 5.26 Å². The molecule has 1 rings (SSSR count). The van der Waals surface area contributed by atoms with E-state index in [0.29, 0.717) is 5.56 Å². The quantitative estimate of drug-likeness (QED) is 0.648. The molecular formula is C11H12N. The van der Waals surface area contributed by atoms with Crippen LogP contribution in [0.25, 0.3) is 0 Å². The van der Waals surface area contributed by atoms with Gasteiger partial charge in [-0.05, 0) is 30.0 Å². The lowest BCUT2D eigenvalue weighted by molar-refractivity contribution is 1.03. The van der Waals surface area contributed by atoms with Crippen LogP contribution >= 0.6 is 0 Å². The number of benzene rings is 1. The van der Waals surface area contributed by atoms with Gasteiger partial charge in [-0.1, -0.05) is 19.9 Å². The summed E-state index contributed by atoms with van der Waals surface area (Å²) in [6.45, 7) is 4.21.